The van der Waals surface area contributed by atoms with Gasteiger partial charge >= 0.3 is 0 Å². The first-order chi connectivity index (χ1) is 12.9. The molecule has 2 aromatic rings. The van der Waals surface area contributed by atoms with E-state index < -0.39 is 10.0 Å². The van der Waals surface area contributed by atoms with Gasteiger partial charge in [0.2, 0.25) is 10.0 Å². The summed E-state index contributed by atoms with van der Waals surface area (Å²) < 4.78 is 26.6. The molecule has 1 unspecified atom stereocenters. The molecule has 2 heterocycles. The Bertz CT molecular complexity index is 900. The Hall–Kier alpha value is -1.70. The fourth-order valence-electron chi connectivity index (χ4n) is 3.73. The molecule has 1 aliphatic rings. The lowest BCUT2D eigenvalue weighted by atomic mass is 9.97. The number of hydrogen-bond acceptors (Lipinski definition) is 4. The summed E-state index contributed by atoms with van der Waals surface area (Å²) in [5, 5.41) is 2.09. The summed E-state index contributed by atoms with van der Waals surface area (Å²) in [5.74, 6) is -0.0366. The van der Waals surface area contributed by atoms with Crippen LogP contribution in [0.5, 0.6) is 0 Å². The number of thiophene rings is 1. The van der Waals surface area contributed by atoms with Crippen molar-refractivity contribution in [3.63, 3.8) is 0 Å². The van der Waals surface area contributed by atoms with Gasteiger partial charge in [-0.2, -0.15) is 4.31 Å². The monoisotopic (exact) mass is 406 g/mol. The average Bonchev–Trinajstić information content (AvgIpc) is 3.16. The van der Waals surface area contributed by atoms with Crippen LogP contribution in [0.1, 0.15) is 54.0 Å². The molecule has 27 heavy (non-hydrogen) atoms. The normalized spacial score (nSPS) is 17.2. The van der Waals surface area contributed by atoms with Gasteiger partial charge in [0.15, 0.2) is 0 Å². The van der Waals surface area contributed by atoms with Crippen LogP contribution in [0.15, 0.2) is 40.6 Å². The molecule has 1 aliphatic heterocycles. The Morgan fingerprint density at radius 3 is 2.41 bits per heavy atom. The van der Waals surface area contributed by atoms with Gasteiger partial charge in [0, 0.05) is 30.1 Å². The lowest BCUT2D eigenvalue weighted by molar-refractivity contribution is 0.0657. The molecule has 1 atom stereocenters. The SMILES string of the molecule is CCC1c2ccsc2CCN1C(=O)c1ccc(S(=O)(=O)N(CC)CC)cc1. The van der Waals surface area contributed by atoms with E-state index in [2.05, 4.69) is 18.4 Å². The fourth-order valence-corrected chi connectivity index (χ4v) is 6.11. The number of hydrogen-bond donors (Lipinski definition) is 0. The maximum Gasteiger partial charge on any atom is 0.254 e. The summed E-state index contributed by atoms with van der Waals surface area (Å²) in [6.45, 7) is 7.28. The number of benzene rings is 1. The molecular formula is C20H26N2O3S2. The smallest absolute Gasteiger partial charge is 0.254 e. The van der Waals surface area contributed by atoms with Crippen LogP contribution in [0.3, 0.4) is 0 Å². The van der Waals surface area contributed by atoms with E-state index in [0.717, 1.165) is 12.8 Å². The number of nitrogens with zero attached hydrogens (tertiary/aromatic N) is 2. The molecule has 1 aromatic heterocycles. The van der Waals surface area contributed by atoms with E-state index in [1.807, 2.05) is 18.7 Å². The first-order valence-electron chi connectivity index (χ1n) is 9.41. The number of sulfonamides is 1. The van der Waals surface area contributed by atoms with Crippen molar-refractivity contribution in [2.24, 2.45) is 0 Å². The summed E-state index contributed by atoms with van der Waals surface area (Å²) in [5.41, 5.74) is 1.79. The minimum Gasteiger partial charge on any atom is -0.331 e. The second-order valence-corrected chi connectivity index (χ2v) is 9.52. The number of amides is 1. The van der Waals surface area contributed by atoms with Crippen LogP contribution in [-0.4, -0.2) is 43.2 Å². The highest BCUT2D eigenvalue weighted by atomic mass is 32.2. The lowest BCUT2D eigenvalue weighted by Crippen LogP contribution is -2.39. The largest absolute Gasteiger partial charge is 0.331 e. The van der Waals surface area contributed by atoms with Gasteiger partial charge < -0.3 is 4.90 Å². The Labute approximate surface area is 165 Å². The van der Waals surface area contributed by atoms with Gasteiger partial charge in [-0.05, 0) is 54.1 Å². The van der Waals surface area contributed by atoms with Crippen molar-refractivity contribution in [2.45, 2.75) is 44.6 Å². The number of carbonyl (C=O) groups is 1. The molecule has 7 heteroatoms. The van der Waals surface area contributed by atoms with E-state index in [0.29, 0.717) is 25.2 Å². The van der Waals surface area contributed by atoms with E-state index in [-0.39, 0.29) is 16.8 Å². The highest BCUT2D eigenvalue weighted by molar-refractivity contribution is 7.89. The predicted octanol–water partition coefficient (Wildman–Crippen LogP) is 3.93. The number of rotatable bonds is 6. The summed E-state index contributed by atoms with van der Waals surface area (Å²) in [4.78, 5) is 16.6. The maximum absolute atomic E-state index is 13.1. The third-order valence-electron chi connectivity index (χ3n) is 5.19. The Morgan fingerprint density at radius 1 is 1.15 bits per heavy atom. The molecule has 0 saturated carbocycles. The van der Waals surface area contributed by atoms with Crippen LogP contribution in [0, 0.1) is 0 Å². The predicted molar refractivity (Wildman–Crippen MR) is 109 cm³/mol. The zero-order chi connectivity index (χ0) is 19.6. The third-order valence-corrected chi connectivity index (χ3v) is 8.25. The van der Waals surface area contributed by atoms with Gasteiger partial charge in [-0.1, -0.05) is 20.8 Å². The molecule has 146 valence electrons. The molecule has 0 bridgehead atoms. The van der Waals surface area contributed by atoms with E-state index in [1.165, 1.54) is 14.7 Å². The van der Waals surface area contributed by atoms with Crippen LogP contribution in [0.25, 0.3) is 0 Å². The number of fused-ring (bicyclic) bond motifs is 1. The molecular weight excluding hydrogens is 380 g/mol. The molecule has 0 N–H and O–H groups in total. The van der Waals surface area contributed by atoms with Crippen molar-refractivity contribution in [3.05, 3.63) is 51.7 Å². The summed E-state index contributed by atoms with van der Waals surface area (Å²) in [6.07, 6.45) is 1.74. The van der Waals surface area contributed by atoms with Crippen molar-refractivity contribution >= 4 is 27.3 Å². The third kappa shape index (κ3) is 3.68. The van der Waals surface area contributed by atoms with Gasteiger partial charge in [-0.25, -0.2) is 8.42 Å². The van der Waals surface area contributed by atoms with Gasteiger partial charge in [-0.3, -0.25) is 4.79 Å². The summed E-state index contributed by atoms with van der Waals surface area (Å²) in [7, 11) is -3.51. The Kier molecular flexibility index (Phi) is 6.03. The highest BCUT2D eigenvalue weighted by Gasteiger charge is 2.31. The van der Waals surface area contributed by atoms with Crippen LogP contribution in [0.2, 0.25) is 0 Å². The summed E-state index contributed by atoms with van der Waals surface area (Å²) >= 11 is 1.76. The van der Waals surface area contributed by atoms with Gasteiger partial charge in [0.1, 0.15) is 0 Å². The average molecular weight is 407 g/mol. The second kappa shape index (κ2) is 8.12. The second-order valence-electron chi connectivity index (χ2n) is 6.59. The van der Waals surface area contributed by atoms with Gasteiger partial charge in [0.05, 0.1) is 10.9 Å². The van der Waals surface area contributed by atoms with Crippen molar-refractivity contribution in [3.8, 4) is 0 Å². The summed E-state index contributed by atoms with van der Waals surface area (Å²) in [6, 6.07) is 8.56. The first kappa shape index (κ1) is 20.0. The van der Waals surface area contributed by atoms with Crippen LogP contribution < -0.4 is 0 Å². The van der Waals surface area contributed by atoms with Gasteiger partial charge in [0.25, 0.3) is 5.91 Å². The van der Waals surface area contributed by atoms with Gasteiger partial charge in [-0.15, -0.1) is 11.3 Å². The molecule has 1 amide bonds. The highest BCUT2D eigenvalue weighted by Crippen LogP contribution is 2.36. The Morgan fingerprint density at radius 2 is 1.81 bits per heavy atom. The van der Waals surface area contributed by atoms with E-state index >= 15 is 0 Å². The number of carbonyl (C=O) groups excluding carboxylic acids is 1. The topological polar surface area (TPSA) is 57.7 Å². The minimum absolute atomic E-state index is 0.0366. The van der Waals surface area contributed by atoms with E-state index in [9.17, 15) is 13.2 Å². The van der Waals surface area contributed by atoms with E-state index in [1.54, 1.807) is 35.6 Å². The molecule has 1 aromatic carbocycles. The Balaban J connectivity index is 1.84. The molecule has 0 aliphatic carbocycles. The molecule has 5 nitrogen and oxygen atoms in total. The van der Waals surface area contributed by atoms with Crippen molar-refractivity contribution < 1.29 is 13.2 Å². The van der Waals surface area contributed by atoms with Crippen LogP contribution in [0.4, 0.5) is 0 Å². The van der Waals surface area contributed by atoms with E-state index in [4.69, 9.17) is 0 Å². The standard InChI is InChI=1S/C20H26N2O3S2/c1-4-18-17-12-14-26-19(17)11-13-22(18)20(23)15-7-9-16(10-8-15)27(24,25)21(5-2)6-3/h7-10,12,14,18H,4-6,11,13H2,1-3H3. The molecule has 0 fully saturated rings. The lowest BCUT2D eigenvalue weighted by Gasteiger charge is -2.35. The quantitative estimate of drug-likeness (QED) is 0.730. The van der Waals surface area contributed by atoms with Crippen molar-refractivity contribution in [2.75, 3.05) is 19.6 Å². The minimum atomic E-state index is -3.51. The molecule has 0 radical (unpaired) electrons. The fraction of sp³-hybridized carbons (Fsp3) is 0.450. The zero-order valence-corrected chi connectivity index (χ0v) is 17.6. The van der Waals surface area contributed by atoms with Crippen molar-refractivity contribution in [1.82, 2.24) is 9.21 Å². The van der Waals surface area contributed by atoms with Crippen LogP contribution >= 0.6 is 11.3 Å². The molecule has 3 rings (SSSR count). The molecule has 0 saturated heterocycles. The first-order valence-corrected chi connectivity index (χ1v) is 11.7. The molecule has 0 spiro atoms. The van der Waals surface area contributed by atoms with Crippen molar-refractivity contribution in [1.29, 1.82) is 0 Å². The zero-order valence-electron chi connectivity index (χ0n) is 16.0. The van der Waals surface area contributed by atoms with Crippen LogP contribution in [-0.2, 0) is 16.4 Å². The maximum atomic E-state index is 13.1.